The van der Waals surface area contributed by atoms with Crippen LogP contribution in [0.3, 0.4) is 0 Å². The number of methoxy groups -OCH3 is 2. The highest BCUT2D eigenvalue weighted by Gasteiger charge is 2.19. The number of pyridine rings is 1. The van der Waals surface area contributed by atoms with E-state index in [1.807, 2.05) is 0 Å². The summed E-state index contributed by atoms with van der Waals surface area (Å²) in [5.74, 6) is -0.700. The Balaban J connectivity index is 1.98. The lowest BCUT2D eigenvalue weighted by atomic mass is 10.2. The Morgan fingerprint density at radius 1 is 1.25 bits per heavy atom. The number of fused-ring (bicyclic) bond motifs is 1. The van der Waals surface area contributed by atoms with E-state index in [0.29, 0.717) is 11.3 Å². The van der Waals surface area contributed by atoms with Crippen LogP contribution >= 0.6 is 0 Å². The van der Waals surface area contributed by atoms with Crippen LogP contribution in [0.5, 0.6) is 5.75 Å². The predicted molar refractivity (Wildman–Crippen MR) is 86.8 cm³/mol. The molecule has 2 aromatic heterocycles. The first-order valence-corrected chi connectivity index (χ1v) is 7.22. The van der Waals surface area contributed by atoms with Gasteiger partial charge in [-0.25, -0.2) is 8.91 Å². The van der Waals surface area contributed by atoms with Crippen LogP contribution in [0.25, 0.3) is 5.52 Å². The minimum atomic E-state index is -0.494. The molecule has 24 heavy (non-hydrogen) atoms. The summed E-state index contributed by atoms with van der Waals surface area (Å²) in [6.07, 6.45) is 3.36. The molecule has 0 aliphatic carbocycles. The number of carbonyl (C=O) groups is 1. The van der Waals surface area contributed by atoms with Crippen molar-refractivity contribution in [2.75, 3.05) is 25.9 Å². The highest BCUT2D eigenvalue weighted by molar-refractivity contribution is 6.06. The van der Waals surface area contributed by atoms with E-state index in [9.17, 15) is 9.18 Å². The van der Waals surface area contributed by atoms with E-state index >= 15 is 0 Å². The topological polar surface area (TPSA) is 56.1 Å². The maximum absolute atomic E-state index is 13.6. The average Bonchev–Trinajstić information content (AvgIpc) is 3.07. The average molecular weight is 329 g/mol. The second-order valence-corrected chi connectivity index (χ2v) is 5.09. The van der Waals surface area contributed by atoms with E-state index in [2.05, 4.69) is 5.10 Å². The smallest absolute Gasteiger partial charge is 0.260 e. The predicted octanol–water partition coefficient (Wildman–Crippen LogP) is 2.73. The highest BCUT2D eigenvalue weighted by atomic mass is 19.1. The molecule has 6 nitrogen and oxygen atoms in total. The third-order valence-electron chi connectivity index (χ3n) is 3.60. The molecule has 0 radical (unpaired) electrons. The summed E-state index contributed by atoms with van der Waals surface area (Å²) in [7, 11) is 2.86. The molecule has 1 aromatic carbocycles. The molecule has 7 heteroatoms. The van der Waals surface area contributed by atoms with E-state index in [1.165, 1.54) is 37.3 Å². The molecule has 3 rings (SSSR count). The van der Waals surface area contributed by atoms with Crippen LogP contribution in [0.2, 0.25) is 0 Å². The van der Waals surface area contributed by atoms with Crippen molar-refractivity contribution in [2.24, 2.45) is 0 Å². The van der Waals surface area contributed by atoms with Crippen molar-refractivity contribution < 1.29 is 18.7 Å². The molecule has 124 valence electrons. The molecule has 0 saturated carbocycles. The van der Waals surface area contributed by atoms with Crippen molar-refractivity contribution in [1.29, 1.82) is 0 Å². The van der Waals surface area contributed by atoms with Gasteiger partial charge in [-0.05, 0) is 30.3 Å². The standard InChI is InChI=1S/C17H16FN3O3/c1-23-11-20(13-3-4-15(18)16(10-13)24-2)17(22)12-6-8-21-14(9-12)5-7-19-21/h3-10H,11H2,1-2H3. The molecule has 1 amide bonds. The fourth-order valence-corrected chi connectivity index (χ4v) is 2.41. The van der Waals surface area contributed by atoms with Crippen LogP contribution in [-0.2, 0) is 4.74 Å². The Hall–Kier alpha value is -2.93. The van der Waals surface area contributed by atoms with Gasteiger partial charge >= 0.3 is 0 Å². The molecule has 0 unspecified atom stereocenters. The monoisotopic (exact) mass is 329 g/mol. The molecule has 0 atom stereocenters. The van der Waals surface area contributed by atoms with Crippen LogP contribution in [0, 0.1) is 5.82 Å². The number of halogens is 1. The number of hydrogen-bond donors (Lipinski definition) is 0. The van der Waals surface area contributed by atoms with Gasteiger partial charge in [0.25, 0.3) is 5.91 Å². The van der Waals surface area contributed by atoms with Gasteiger partial charge in [-0.1, -0.05) is 0 Å². The van der Waals surface area contributed by atoms with Crippen molar-refractivity contribution in [3.63, 3.8) is 0 Å². The molecule has 3 aromatic rings. The lowest BCUT2D eigenvalue weighted by Crippen LogP contribution is -2.32. The third-order valence-corrected chi connectivity index (χ3v) is 3.60. The van der Waals surface area contributed by atoms with Crippen molar-refractivity contribution in [3.05, 3.63) is 60.2 Å². The molecule has 2 heterocycles. The number of benzene rings is 1. The van der Waals surface area contributed by atoms with Crippen molar-refractivity contribution in [3.8, 4) is 5.75 Å². The number of hydrogen-bond acceptors (Lipinski definition) is 4. The van der Waals surface area contributed by atoms with Gasteiger partial charge in [0.1, 0.15) is 6.73 Å². The number of carbonyl (C=O) groups excluding carboxylic acids is 1. The van der Waals surface area contributed by atoms with Gasteiger partial charge in [-0.2, -0.15) is 5.10 Å². The summed E-state index contributed by atoms with van der Waals surface area (Å²) in [6.45, 7) is 0.0259. The van der Waals surface area contributed by atoms with E-state index in [4.69, 9.17) is 9.47 Å². The van der Waals surface area contributed by atoms with Crippen molar-refractivity contribution in [1.82, 2.24) is 9.61 Å². The number of aromatic nitrogens is 2. The second-order valence-electron chi connectivity index (χ2n) is 5.09. The molecule has 0 saturated heterocycles. The SMILES string of the molecule is COCN(C(=O)c1ccn2nccc2c1)c1ccc(F)c(OC)c1. The zero-order valence-corrected chi connectivity index (χ0v) is 13.3. The van der Waals surface area contributed by atoms with Crippen LogP contribution in [-0.4, -0.2) is 36.5 Å². The van der Waals surface area contributed by atoms with E-state index < -0.39 is 5.82 Å². The van der Waals surface area contributed by atoms with Gasteiger partial charge in [0.15, 0.2) is 11.6 Å². The Morgan fingerprint density at radius 3 is 2.83 bits per heavy atom. The Kier molecular flexibility index (Phi) is 4.43. The second kappa shape index (κ2) is 6.67. The highest BCUT2D eigenvalue weighted by Crippen LogP contribution is 2.26. The Morgan fingerprint density at radius 2 is 2.08 bits per heavy atom. The van der Waals surface area contributed by atoms with Gasteiger partial charge in [-0.15, -0.1) is 0 Å². The van der Waals surface area contributed by atoms with Gasteiger partial charge in [-0.3, -0.25) is 9.69 Å². The number of anilines is 1. The number of amides is 1. The van der Waals surface area contributed by atoms with Gasteiger partial charge in [0, 0.05) is 31.1 Å². The van der Waals surface area contributed by atoms with E-state index in [0.717, 1.165) is 5.52 Å². The van der Waals surface area contributed by atoms with Gasteiger partial charge in [0.2, 0.25) is 0 Å². The van der Waals surface area contributed by atoms with E-state index in [-0.39, 0.29) is 18.4 Å². The molecule has 0 spiro atoms. The molecule has 0 N–H and O–H groups in total. The van der Waals surface area contributed by atoms with E-state index in [1.54, 1.807) is 35.1 Å². The zero-order valence-electron chi connectivity index (χ0n) is 13.3. The molecular weight excluding hydrogens is 313 g/mol. The summed E-state index contributed by atoms with van der Waals surface area (Å²) in [6, 6.07) is 9.43. The minimum absolute atomic E-state index is 0.0259. The van der Waals surface area contributed by atoms with Gasteiger partial charge < -0.3 is 9.47 Å². The summed E-state index contributed by atoms with van der Waals surface area (Å²) in [5.41, 5.74) is 1.76. The molecular formula is C17H16FN3O3. The lowest BCUT2D eigenvalue weighted by Gasteiger charge is -2.22. The first kappa shape index (κ1) is 15.9. The first-order chi connectivity index (χ1) is 11.6. The van der Waals surface area contributed by atoms with Gasteiger partial charge in [0.05, 0.1) is 18.3 Å². The van der Waals surface area contributed by atoms with Crippen molar-refractivity contribution >= 4 is 17.1 Å². The molecule has 0 aliphatic rings. The maximum atomic E-state index is 13.6. The maximum Gasteiger partial charge on any atom is 0.260 e. The normalized spacial score (nSPS) is 10.8. The third kappa shape index (κ3) is 2.93. The van der Waals surface area contributed by atoms with Crippen LogP contribution in [0.4, 0.5) is 10.1 Å². The zero-order chi connectivity index (χ0) is 17.1. The summed E-state index contributed by atoms with van der Waals surface area (Å²) < 4.78 is 25.4. The summed E-state index contributed by atoms with van der Waals surface area (Å²) >= 11 is 0. The first-order valence-electron chi connectivity index (χ1n) is 7.22. The fourth-order valence-electron chi connectivity index (χ4n) is 2.41. The quantitative estimate of drug-likeness (QED) is 0.676. The van der Waals surface area contributed by atoms with Crippen LogP contribution in [0.1, 0.15) is 10.4 Å². The number of nitrogens with zero attached hydrogens (tertiary/aromatic N) is 3. The molecule has 0 bridgehead atoms. The number of rotatable bonds is 5. The van der Waals surface area contributed by atoms with Crippen molar-refractivity contribution in [2.45, 2.75) is 0 Å². The Labute approximate surface area is 138 Å². The largest absolute Gasteiger partial charge is 0.494 e. The minimum Gasteiger partial charge on any atom is -0.494 e. The lowest BCUT2D eigenvalue weighted by molar-refractivity contribution is 0.0936. The fraction of sp³-hybridized carbons (Fsp3) is 0.176. The Bertz CT molecular complexity index is 878. The molecule has 0 fully saturated rings. The summed E-state index contributed by atoms with van der Waals surface area (Å²) in [4.78, 5) is 14.3. The number of ether oxygens (including phenoxy) is 2. The van der Waals surface area contributed by atoms with Crippen LogP contribution in [0.15, 0.2) is 48.8 Å². The van der Waals surface area contributed by atoms with Crippen LogP contribution < -0.4 is 9.64 Å². The summed E-state index contributed by atoms with van der Waals surface area (Å²) in [5, 5.41) is 4.10. The molecule has 0 aliphatic heterocycles.